The molecule has 2 heterocycles. The van der Waals surface area contributed by atoms with Gasteiger partial charge in [-0.15, -0.1) is 0 Å². The molecule has 4 heteroatoms. The normalized spacial score (nSPS) is 20.6. The highest BCUT2D eigenvalue weighted by atomic mass is 16.4. The maximum Gasteiger partial charge on any atom is 0.235 e. The highest BCUT2D eigenvalue weighted by molar-refractivity contribution is 5.94. The molecule has 25 heavy (non-hydrogen) atoms. The van der Waals surface area contributed by atoms with E-state index in [-0.39, 0.29) is 0 Å². The van der Waals surface area contributed by atoms with Gasteiger partial charge in [0.25, 0.3) is 0 Å². The molecule has 126 valence electrons. The van der Waals surface area contributed by atoms with E-state index >= 15 is 0 Å². The number of nitrogens with zero attached hydrogens (tertiary/aromatic N) is 3. The third-order valence-corrected chi connectivity index (χ3v) is 4.89. The highest BCUT2D eigenvalue weighted by Gasteiger charge is 2.28. The molecule has 1 aliphatic heterocycles. The van der Waals surface area contributed by atoms with E-state index in [2.05, 4.69) is 48.0 Å². The predicted octanol–water partition coefficient (Wildman–Crippen LogP) is 4.85. The van der Waals surface area contributed by atoms with Crippen LogP contribution >= 0.6 is 0 Å². The number of piperidine rings is 1. The molecule has 1 saturated heterocycles. The van der Waals surface area contributed by atoms with E-state index in [9.17, 15) is 5.26 Å². The third kappa shape index (κ3) is 2.87. The Kier molecular flexibility index (Phi) is 3.93. The second-order valence-electron chi connectivity index (χ2n) is 7.16. The molecule has 0 spiro atoms. The van der Waals surface area contributed by atoms with Gasteiger partial charge in [-0.3, -0.25) is 0 Å². The first-order valence-electron chi connectivity index (χ1n) is 8.79. The van der Waals surface area contributed by atoms with Gasteiger partial charge < -0.3 is 9.32 Å². The monoisotopic (exact) mass is 331 g/mol. The molecule has 3 aromatic rings. The lowest BCUT2D eigenvalue weighted by Gasteiger charge is -2.34. The van der Waals surface area contributed by atoms with Gasteiger partial charge >= 0.3 is 0 Å². The molecule has 0 radical (unpaired) electrons. The Bertz CT molecular complexity index is 938. The summed E-state index contributed by atoms with van der Waals surface area (Å²) in [5.74, 6) is 2.31. The zero-order valence-electron chi connectivity index (χ0n) is 14.6. The van der Waals surface area contributed by atoms with E-state index in [4.69, 9.17) is 4.42 Å². The zero-order valence-corrected chi connectivity index (χ0v) is 14.6. The molecule has 1 fully saturated rings. The Balaban J connectivity index is 1.80. The van der Waals surface area contributed by atoms with E-state index in [1.165, 1.54) is 6.42 Å². The van der Waals surface area contributed by atoms with Crippen LogP contribution in [0.5, 0.6) is 0 Å². The van der Waals surface area contributed by atoms with Crippen molar-refractivity contribution in [1.82, 2.24) is 4.98 Å². The van der Waals surface area contributed by atoms with Crippen molar-refractivity contribution in [3.8, 4) is 17.5 Å². The van der Waals surface area contributed by atoms with Crippen LogP contribution in [0.2, 0.25) is 0 Å². The first kappa shape index (κ1) is 15.7. The lowest BCUT2D eigenvalue weighted by atomic mass is 9.92. The Morgan fingerprint density at radius 2 is 1.80 bits per heavy atom. The number of hydrogen-bond acceptors (Lipinski definition) is 4. The van der Waals surface area contributed by atoms with Gasteiger partial charge in [0.15, 0.2) is 0 Å². The van der Waals surface area contributed by atoms with E-state index < -0.39 is 0 Å². The molecule has 2 aromatic carbocycles. The van der Waals surface area contributed by atoms with Crippen LogP contribution in [0, 0.1) is 23.2 Å². The second-order valence-corrected chi connectivity index (χ2v) is 7.16. The fourth-order valence-corrected chi connectivity index (χ4v) is 3.96. The fraction of sp³-hybridized carbons (Fsp3) is 0.333. The van der Waals surface area contributed by atoms with Crippen molar-refractivity contribution < 1.29 is 4.42 Å². The number of anilines is 1. The molecular formula is C21H21N3O. The van der Waals surface area contributed by atoms with Gasteiger partial charge in [-0.25, -0.2) is 0 Å². The van der Waals surface area contributed by atoms with Crippen molar-refractivity contribution in [2.75, 3.05) is 18.0 Å². The molecule has 4 nitrogen and oxygen atoms in total. The van der Waals surface area contributed by atoms with Crippen LogP contribution in [-0.4, -0.2) is 18.1 Å². The van der Waals surface area contributed by atoms with Crippen molar-refractivity contribution in [2.24, 2.45) is 11.8 Å². The molecule has 1 aromatic heterocycles. The van der Waals surface area contributed by atoms with Crippen LogP contribution in [0.15, 0.2) is 46.9 Å². The molecular weight excluding hydrogens is 310 g/mol. The zero-order chi connectivity index (χ0) is 17.4. The summed E-state index contributed by atoms with van der Waals surface area (Å²) in [7, 11) is 0. The van der Waals surface area contributed by atoms with E-state index in [0.717, 1.165) is 29.4 Å². The van der Waals surface area contributed by atoms with Gasteiger partial charge in [-0.05, 0) is 35.1 Å². The lowest BCUT2D eigenvalue weighted by Crippen LogP contribution is -2.38. The standard InChI is InChI=1S/C21H21N3O/c1-14-10-15(2)13-24(12-14)21-19(11-22)23-20(25-21)18-9-5-7-16-6-3-4-8-17(16)18/h3-9,14-15H,10,12-13H2,1-2H3/t14-,15+. The Morgan fingerprint density at radius 3 is 2.56 bits per heavy atom. The third-order valence-electron chi connectivity index (χ3n) is 4.89. The smallest absolute Gasteiger partial charge is 0.235 e. The SMILES string of the molecule is C[C@@H]1C[C@H](C)CN(c2oc(-c3cccc4ccccc34)nc2C#N)C1. The predicted molar refractivity (Wildman–Crippen MR) is 99.3 cm³/mol. The molecule has 1 aliphatic rings. The number of benzene rings is 2. The number of oxazole rings is 1. The average Bonchev–Trinajstić information content (AvgIpc) is 3.04. The van der Waals surface area contributed by atoms with Crippen LogP contribution in [0.25, 0.3) is 22.2 Å². The maximum atomic E-state index is 9.56. The summed E-state index contributed by atoms with van der Waals surface area (Å²) in [4.78, 5) is 6.68. The molecule has 0 amide bonds. The van der Waals surface area contributed by atoms with Gasteiger partial charge in [0.2, 0.25) is 17.5 Å². The van der Waals surface area contributed by atoms with Gasteiger partial charge in [-0.1, -0.05) is 50.2 Å². The summed E-state index contributed by atoms with van der Waals surface area (Å²) < 4.78 is 6.13. The van der Waals surface area contributed by atoms with Crippen molar-refractivity contribution in [3.63, 3.8) is 0 Å². The van der Waals surface area contributed by atoms with Crippen LogP contribution < -0.4 is 4.90 Å². The van der Waals surface area contributed by atoms with Crippen molar-refractivity contribution in [2.45, 2.75) is 20.3 Å². The first-order valence-corrected chi connectivity index (χ1v) is 8.79. The summed E-state index contributed by atoms with van der Waals surface area (Å²) in [5.41, 5.74) is 1.31. The summed E-state index contributed by atoms with van der Waals surface area (Å²) in [6, 6.07) is 16.4. The first-order chi connectivity index (χ1) is 12.2. The lowest BCUT2D eigenvalue weighted by molar-refractivity contribution is 0.344. The fourth-order valence-electron chi connectivity index (χ4n) is 3.96. The molecule has 4 rings (SSSR count). The Morgan fingerprint density at radius 1 is 1.08 bits per heavy atom. The molecule has 0 unspecified atom stereocenters. The molecule has 0 bridgehead atoms. The number of nitriles is 1. The van der Waals surface area contributed by atoms with Crippen LogP contribution in [0.4, 0.5) is 5.88 Å². The van der Waals surface area contributed by atoms with Crippen LogP contribution in [0.1, 0.15) is 26.0 Å². The number of fused-ring (bicyclic) bond motifs is 1. The van der Waals surface area contributed by atoms with E-state index in [0.29, 0.717) is 29.3 Å². The summed E-state index contributed by atoms with van der Waals surface area (Å²) in [6.07, 6.45) is 1.21. The van der Waals surface area contributed by atoms with Crippen molar-refractivity contribution in [1.29, 1.82) is 5.26 Å². The average molecular weight is 331 g/mol. The molecule has 0 saturated carbocycles. The number of hydrogen-bond donors (Lipinski definition) is 0. The van der Waals surface area contributed by atoms with E-state index in [1.807, 2.05) is 24.3 Å². The maximum absolute atomic E-state index is 9.56. The highest BCUT2D eigenvalue weighted by Crippen LogP contribution is 2.34. The summed E-state index contributed by atoms with van der Waals surface area (Å²) in [5, 5.41) is 11.8. The number of rotatable bonds is 2. The minimum atomic E-state index is 0.379. The van der Waals surface area contributed by atoms with Gasteiger partial charge in [-0.2, -0.15) is 10.2 Å². The number of aromatic nitrogens is 1. The summed E-state index contributed by atoms with van der Waals surface area (Å²) >= 11 is 0. The minimum Gasteiger partial charge on any atom is -0.419 e. The van der Waals surface area contributed by atoms with Gasteiger partial charge in [0, 0.05) is 18.7 Å². The topological polar surface area (TPSA) is 53.1 Å². The Hall–Kier alpha value is -2.80. The molecule has 2 atom stereocenters. The molecule has 0 N–H and O–H groups in total. The quantitative estimate of drug-likeness (QED) is 0.673. The Labute approximate surface area is 147 Å². The van der Waals surface area contributed by atoms with Crippen molar-refractivity contribution >= 4 is 16.7 Å². The molecule has 0 aliphatic carbocycles. The van der Waals surface area contributed by atoms with Crippen LogP contribution in [0.3, 0.4) is 0 Å². The second kappa shape index (κ2) is 6.25. The summed E-state index contributed by atoms with van der Waals surface area (Å²) in [6.45, 7) is 6.31. The minimum absolute atomic E-state index is 0.379. The van der Waals surface area contributed by atoms with Crippen LogP contribution in [-0.2, 0) is 0 Å². The van der Waals surface area contributed by atoms with Gasteiger partial charge in [0.1, 0.15) is 6.07 Å². The van der Waals surface area contributed by atoms with Gasteiger partial charge in [0.05, 0.1) is 0 Å². The van der Waals surface area contributed by atoms with E-state index in [1.54, 1.807) is 0 Å². The van der Waals surface area contributed by atoms with Crippen molar-refractivity contribution in [3.05, 3.63) is 48.2 Å². The largest absolute Gasteiger partial charge is 0.419 e.